The molecule has 0 saturated carbocycles. The second kappa shape index (κ2) is 7.24. The maximum Gasteiger partial charge on any atom is 0.00966 e. The third kappa shape index (κ3) is 8.88. The Kier molecular flexibility index (Phi) is 7.20. The van der Waals surface area contributed by atoms with E-state index in [1.54, 1.807) is 0 Å². The first-order chi connectivity index (χ1) is 6.89. The molecule has 0 aliphatic rings. The molecule has 0 spiro atoms. The molecule has 0 saturated heterocycles. The zero-order valence-corrected chi connectivity index (χ0v) is 11.6. The lowest BCUT2D eigenvalue weighted by atomic mass is 10.1. The quantitative estimate of drug-likeness (QED) is 0.701. The molecule has 0 rings (SSSR count). The third-order valence-electron chi connectivity index (χ3n) is 2.54. The van der Waals surface area contributed by atoms with Gasteiger partial charge in [-0.05, 0) is 52.7 Å². The summed E-state index contributed by atoms with van der Waals surface area (Å²) >= 11 is 0. The van der Waals surface area contributed by atoms with Crippen molar-refractivity contribution >= 4 is 0 Å². The van der Waals surface area contributed by atoms with Gasteiger partial charge in [0.05, 0.1) is 0 Å². The summed E-state index contributed by atoms with van der Waals surface area (Å²) in [5, 5.41) is 3.57. The van der Waals surface area contributed by atoms with Crippen LogP contribution in [-0.4, -0.2) is 36.6 Å². The summed E-state index contributed by atoms with van der Waals surface area (Å²) in [6, 6.07) is 0. The van der Waals surface area contributed by atoms with Gasteiger partial charge < -0.3 is 10.2 Å². The van der Waals surface area contributed by atoms with Crippen LogP contribution in [0.4, 0.5) is 0 Å². The molecule has 0 bridgehead atoms. The molecule has 92 valence electrons. The molecule has 1 N–H and O–H groups in total. The molecule has 0 aromatic rings. The summed E-state index contributed by atoms with van der Waals surface area (Å²) in [4.78, 5) is 2.54. The first-order valence-corrected chi connectivity index (χ1v) is 6.36. The highest BCUT2D eigenvalue weighted by Gasteiger charge is 2.12. The molecule has 1 atom stereocenters. The predicted molar refractivity (Wildman–Crippen MR) is 69.3 cm³/mol. The lowest BCUT2D eigenvalue weighted by molar-refractivity contribution is 0.237. The Morgan fingerprint density at radius 2 is 1.80 bits per heavy atom. The third-order valence-corrected chi connectivity index (χ3v) is 2.54. The lowest BCUT2D eigenvalue weighted by Crippen LogP contribution is -2.41. The molecule has 0 radical (unpaired) electrons. The van der Waals surface area contributed by atoms with E-state index < -0.39 is 0 Å². The first-order valence-electron chi connectivity index (χ1n) is 6.36. The highest BCUT2D eigenvalue weighted by Crippen LogP contribution is 2.04. The molecular formula is C13H30N2. The van der Waals surface area contributed by atoms with Gasteiger partial charge in [0, 0.05) is 12.1 Å². The van der Waals surface area contributed by atoms with Crippen molar-refractivity contribution in [2.75, 3.05) is 26.2 Å². The maximum atomic E-state index is 3.57. The molecule has 2 heteroatoms. The monoisotopic (exact) mass is 214 g/mol. The van der Waals surface area contributed by atoms with Crippen molar-refractivity contribution in [3.63, 3.8) is 0 Å². The lowest BCUT2D eigenvalue weighted by Gasteiger charge is -2.27. The maximum absolute atomic E-state index is 3.57. The number of hydrogen-bond acceptors (Lipinski definition) is 2. The van der Waals surface area contributed by atoms with Crippen LogP contribution in [0.1, 0.15) is 48.0 Å². The Balaban J connectivity index is 3.75. The molecule has 0 heterocycles. The van der Waals surface area contributed by atoms with Gasteiger partial charge in [-0.3, -0.25) is 0 Å². The standard InChI is InChI=1S/C13H30N2/c1-7-9-15(8-2)11-12(3)10-14-13(4,5)6/h12,14H,7-11H2,1-6H3. The van der Waals surface area contributed by atoms with E-state index in [1.807, 2.05) is 0 Å². The minimum absolute atomic E-state index is 0.246. The van der Waals surface area contributed by atoms with Crippen LogP contribution in [0.5, 0.6) is 0 Å². The highest BCUT2D eigenvalue weighted by molar-refractivity contribution is 4.73. The molecule has 0 aliphatic heterocycles. The Labute approximate surface area is 96.4 Å². The normalized spacial score (nSPS) is 14.6. The Morgan fingerprint density at radius 3 is 2.20 bits per heavy atom. The van der Waals surface area contributed by atoms with Crippen molar-refractivity contribution < 1.29 is 0 Å². The van der Waals surface area contributed by atoms with E-state index in [0.717, 1.165) is 12.5 Å². The Bertz CT molecular complexity index is 149. The zero-order valence-electron chi connectivity index (χ0n) is 11.6. The Hall–Kier alpha value is -0.0800. The number of nitrogens with zero attached hydrogens (tertiary/aromatic N) is 1. The molecule has 0 aromatic heterocycles. The fourth-order valence-electron chi connectivity index (χ4n) is 1.68. The molecule has 1 unspecified atom stereocenters. The van der Waals surface area contributed by atoms with Crippen molar-refractivity contribution in [1.82, 2.24) is 10.2 Å². The highest BCUT2D eigenvalue weighted by atomic mass is 15.1. The van der Waals surface area contributed by atoms with Gasteiger partial charge in [-0.2, -0.15) is 0 Å². The summed E-state index contributed by atoms with van der Waals surface area (Å²) in [5.41, 5.74) is 0.246. The second-order valence-electron chi connectivity index (χ2n) is 5.63. The van der Waals surface area contributed by atoms with Gasteiger partial charge in [0.2, 0.25) is 0 Å². The fraction of sp³-hybridized carbons (Fsp3) is 1.00. The average Bonchev–Trinajstić information content (AvgIpc) is 2.13. The topological polar surface area (TPSA) is 15.3 Å². The van der Waals surface area contributed by atoms with E-state index in [2.05, 4.69) is 51.8 Å². The SMILES string of the molecule is CCCN(CC)CC(C)CNC(C)(C)C. The average molecular weight is 214 g/mol. The van der Waals surface area contributed by atoms with Crippen molar-refractivity contribution in [1.29, 1.82) is 0 Å². The van der Waals surface area contributed by atoms with Gasteiger partial charge in [-0.15, -0.1) is 0 Å². The molecule has 0 fully saturated rings. The van der Waals surface area contributed by atoms with Crippen LogP contribution in [0.15, 0.2) is 0 Å². The molecule has 2 nitrogen and oxygen atoms in total. The molecular weight excluding hydrogens is 184 g/mol. The summed E-state index contributed by atoms with van der Waals surface area (Å²) in [6.07, 6.45) is 1.26. The van der Waals surface area contributed by atoms with Crippen LogP contribution in [-0.2, 0) is 0 Å². The number of rotatable bonds is 7. The summed E-state index contributed by atoms with van der Waals surface area (Å²) < 4.78 is 0. The smallest absolute Gasteiger partial charge is 0.00966 e. The fourth-order valence-corrected chi connectivity index (χ4v) is 1.68. The van der Waals surface area contributed by atoms with E-state index in [1.165, 1.54) is 26.1 Å². The van der Waals surface area contributed by atoms with E-state index >= 15 is 0 Å². The van der Waals surface area contributed by atoms with Crippen LogP contribution in [0.3, 0.4) is 0 Å². The zero-order chi connectivity index (χ0) is 11.9. The van der Waals surface area contributed by atoms with E-state index in [0.29, 0.717) is 0 Å². The van der Waals surface area contributed by atoms with Gasteiger partial charge in [0.1, 0.15) is 0 Å². The summed E-state index contributed by atoms with van der Waals surface area (Å²) in [5.74, 6) is 0.732. The van der Waals surface area contributed by atoms with E-state index in [4.69, 9.17) is 0 Å². The van der Waals surface area contributed by atoms with E-state index in [9.17, 15) is 0 Å². The van der Waals surface area contributed by atoms with E-state index in [-0.39, 0.29) is 5.54 Å². The van der Waals surface area contributed by atoms with Crippen LogP contribution >= 0.6 is 0 Å². The van der Waals surface area contributed by atoms with Gasteiger partial charge in [-0.25, -0.2) is 0 Å². The first kappa shape index (κ1) is 14.9. The molecule has 15 heavy (non-hydrogen) atoms. The molecule has 0 amide bonds. The van der Waals surface area contributed by atoms with Gasteiger partial charge in [0.25, 0.3) is 0 Å². The minimum atomic E-state index is 0.246. The van der Waals surface area contributed by atoms with Crippen molar-refractivity contribution in [3.05, 3.63) is 0 Å². The molecule has 0 aromatic carbocycles. The number of nitrogens with one attached hydrogen (secondary N) is 1. The Morgan fingerprint density at radius 1 is 1.20 bits per heavy atom. The van der Waals surface area contributed by atoms with Crippen molar-refractivity contribution in [2.24, 2.45) is 5.92 Å². The molecule has 0 aliphatic carbocycles. The largest absolute Gasteiger partial charge is 0.312 e. The second-order valence-corrected chi connectivity index (χ2v) is 5.63. The van der Waals surface area contributed by atoms with Crippen LogP contribution in [0.25, 0.3) is 0 Å². The summed E-state index contributed by atoms with van der Waals surface area (Å²) in [6.45, 7) is 18.2. The van der Waals surface area contributed by atoms with Crippen LogP contribution < -0.4 is 5.32 Å². The van der Waals surface area contributed by atoms with Gasteiger partial charge in [-0.1, -0.05) is 20.8 Å². The van der Waals surface area contributed by atoms with Gasteiger partial charge in [0.15, 0.2) is 0 Å². The van der Waals surface area contributed by atoms with Gasteiger partial charge >= 0.3 is 0 Å². The number of hydrogen-bond donors (Lipinski definition) is 1. The van der Waals surface area contributed by atoms with Crippen molar-refractivity contribution in [2.45, 2.75) is 53.5 Å². The van der Waals surface area contributed by atoms with Crippen molar-refractivity contribution in [3.8, 4) is 0 Å². The predicted octanol–water partition coefficient (Wildman–Crippen LogP) is 2.74. The van der Waals surface area contributed by atoms with Crippen LogP contribution in [0, 0.1) is 5.92 Å². The summed E-state index contributed by atoms with van der Waals surface area (Å²) in [7, 11) is 0. The van der Waals surface area contributed by atoms with Crippen LogP contribution in [0.2, 0.25) is 0 Å². The minimum Gasteiger partial charge on any atom is -0.312 e.